The third-order valence-electron chi connectivity index (χ3n) is 9.14. The van der Waals surface area contributed by atoms with Crippen LogP contribution in [0.4, 0.5) is 0 Å². The van der Waals surface area contributed by atoms with Gasteiger partial charge in [0.15, 0.2) is 0 Å². The monoisotopic (exact) mass is 551 g/mol. The van der Waals surface area contributed by atoms with Crippen molar-refractivity contribution in [2.45, 2.75) is 70.9 Å². The lowest BCUT2D eigenvalue weighted by atomic mass is 9.69. The summed E-state index contributed by atoms with van der Waals surface area (Å²) in [7, 11) is 3.34. The summed E-state index contributed by atoms with van der Waals surface area (Å²) in [5.74, 6) is -0.217. The van der Waals surface area contributed by atoms with Crippen molar-refractivity contribution in [3.63, 3.8) is 0 Å². The Balaban J connectivity index is 1.56. The van der Waals surface area contributed by atoms with Crippen LogP contribution >= 0.6 is 0 Å². The fourth-order valence-electron chi connectivity index (χ4n) is 6.43. The number of hydrogen-bond donors (Lipinski definition) is 2. The molecule has 1 unspecified atom stereocenters. The quantitative estimate of drug-likeness (QED) is 0.520. The molecule has 2 atom stereocenters. The van der Waals surface area contributed by atoms with Crippen molar-refractivity contribution in [3.8, 4) is 11.1 Å². The molecule has 8 nitrogen and oxygen atoms in total. The second kappa shape index (κ2) is 12.3. The van der Waals surface area contributed by atoms with Gasteiger partial charge in [-0.05, 0) is 24.3 Å². The molecule has 2 aromatic rings. The number of rotatable bonds is 8. The molecule has 1 aliphatic carbocycles. The Labute approximate surface area is 237 Å². The third kappa shape index (κ3) is 6.33. The standard InChI is InChI=1S/C32H45N3O5/c1-31(2)21-34(29(38)25(20-36)17-23-11-7-5-8-12-23)16-15-32(31,40)22-35-19-27(30(39)33(3)4)26(18-28(35)37)24-13-9-6-10-14-24/h6,9-10,13-14,18-19,23,25,36,40H,5,7-8,11-12,15-17,20-22H2,1-4H3/t25?,32-/m0/s1. The summed E-state index contributed by atoms with van der Waals surface area (Å²) < 4.78 is 1.43. The fourth-order valence-corrected chi connectivity index (χ4v) is 6.43. The smallest absolute Gasteiger partial charge is 0.255 e. The second-order valence-corrected chi connectivity index (χ2v) is 12.7. The minimum Gasteiger partial charge on any atom is -0.396 e. The number of amides is 2. The Kier molecular flexibility index (Phi) is 9.20. The third-order valence-corrected chi connectivity index (χ3v) is 9.14. The van der Waals surface area contributed by atoms with Gasteiger partial charge in [0.2, 0.25) is 5.91 Å². The molecule has 2 heterocycles. The number of carbonyl (C=O) groups is 2. The van der Waals surface area contributed by atoms with Crippen LogP contribution in [0.25, 0.3) is 11.1 Å². The molecule has 0 bridgehead atoms. The van der Waals surface area contributed by atoms with Crippen molar-refractivity contribution in [1.29, 1.82) is 0 Å². The van der Waals surface area contributed by atoms with Crippen LogP contribution in [0.15, 0.2) is 47.4 Å². The minimum atomic E-state index is -1.28. The number of aliphatic hydroxyl groups is 2. The molecule has 2 amide bonds. The van der Waals surface area contributed by atoms with E-state index in [2.05, 4.69) is 0 Å². The van der Waals surface area contributed by atoms with E-state index in [-0.39, 0.29) is 36.9 Å². The van der Waals surface area contributed by atoms with Crippen LogP contribution < -0.4 is 5.56 Å². The SMILES string of the molecule is CN(C)C(=O)c1cn(C[C@@]2(O)CCN(C(=O)C(CO)CC3CCCCC3)CC2(C)C)c(=O)cc1-c1ccccc1. The molecule has 1 saturated heterocycles. The van der Waals surface area contributed by atoms with Gasteiger partial charge >= 0.3 is 0 Å². The van der Waals surface area contributed by atoms with Gasteiger partial charge in [-0.25, -0.2) is 0 Å². The summed E-state index contributed by atoms with van der Waals surface area (Å²) in [6, 6.07) is 10.8. The normalized spacial score (nSPS) is 22.1. The van der Waals surface area contributed by atoms with Crippen molar-refractivity contribution in [2.75, 3.05) is 33.8 Å². The molecular weight excluding hydrogens is 506 g/mol. The number of carbonyl (C=O) groups excluding carboxylic acids is 2. The van der Waals surface area contributed by atoms with Gasteiger partial charge in [-0.15, -0.1) is 0 Å². The van der Waals surface area contributed by atoms with E-state index in [9.17, 15) is 24.6 Å². The number of piperidine rings is 1. The zero-order valence-corrected chi connectivity index (χ0v) is 24.4. The lowest BCUT2D eigenvalue weighted by molar-refractivity contribution is -0.158. The van der Waals surface area contributed by atoms with Crippen LogP contribution in [-0.4, -0.2) is 75.8 Å². The van der Waals surface area contributed by atoms with E-state index in [0.717, 1.165) is 18.4 Å². The average Bonchev–Trinajstić information content (AvgIpc) is 2.94. The van der Waals surface area contributed by atoms with Crippen LogP contribution in [0.3, 0.4) is 0 Å². The molecule has 2 fully saturated rings. The van der Waals surface area contributed by atoms with Crippen LogP contribution in [0.5, 0.6) is 0 Å². The maximum absolute atomic E-state index is 13.5. The minimum absolute atomic E-state index is 0.00907. The van der Waals surface area contributed by atoms with E-state index in [4.69, 9.17) is 0 Å². The van der Waals surface area contributed by atoms with Gasteiger partial charge in [0, 0.05) is 50.4 Å². The summed E-state index contributed by atoms with van der Waals surface area (Å²) in [4.78, 5) is 43.2. The lowest BCUT2D eigenvalue weighted by Gasteiger charge is -2.51. The number of likely N-dealkylation sites (tertiary alicyclic amines) is 1. The van der Waals surface area contributed by atoms with Crippen LogP contribution in [0.1, 0.15) is 69.2 Å². The highest BCUT2D eigenvalue weighted by molar-refractivity contribution is 6.00. The summed E-state index contributed by atoms with van der Waals surface area (Å²) in [5.41, 5.74) is -0.592. The van der Waals surface area contributed by atoms with E-state index in [0.29, 0.717) is 36.6 Å². The Hall–Kier alpha value is -2.97. The molecule has 0 spiro atoms. The number of benzene rings is 1. The van der Waals surface area contributed by atoms with Gasteiger partial charge in [-0.1, -0.05) is 76.3 Å². The Bertz CT molecular complexity index is 1250. The summed E-state index contributed by atoms with van der Waals surface area (Å²) in [6.45, 7) is 4.34. The van der Waals surface area contributed by atoms with Gasteiger partial charge in [-0.2, -0.15) is 0 Å². The molecule has 4 rings (SSSR count). The summed E-state index contributed by atoms with van der Waals surface area (Å²) in [6.07, 6.45) is 8.42. The molecule has 8 heteroatoms. The van der Waals surface area contributed by atoms with Gasteiger partial charge in [-0.3, -0.25) is 14.4 Å². The Morgan fingerprint density at radius 2 is 1.77 bits per heavy atom. The maximum atomic E-state index is 13.5. The van der Waals surface area contributed by atoms with Crippen LogP contribution in [-0.2, 0) is 11.3 Å². The molecule has 1 saturated carbocycles. The van der Waals surface area contributed by atoms with Gasteiger partial charge in [0.1, 0.15) is 0 Å². The maximum Gasteiger partial charge on any atom is 0.255 e. The summed E-state index contributed by atoms with van der Waals surface area (Å²) >= 11 is 0. The zero-order chi connectivity index (χ0) is 29.1. The average molecular weight is 552 g/mol. The fraction of sp³-hybridized carbons (Fsp3) is 0.594. The number of pyridine rings is 1. The Morgan fingerprint density at radius 1 is 1.10 bits per heavy atom. The first kappa shape index (κ1) is 30.0. The van der Waals surface area contributed by atoms with Gasteiger partial charge in [0.25, 0.3) is 11.5 Å². The number of aliphatic hydroxyl groups excluding tert-OH is 1. The largest absolute Gasteiger partial charge is 0.396 e. The summed E-state index contributed by atoms with van der Waals surface area (Å²) in [5, 5.41) is 22.0. The number of hydrogen-bond acceptors (Lipinski definition) is 5. The second-order valence-electron chi connectivity index (χ2n) is 12.7. The van der Waals surface area contributed by atoms with E-state index in [1.807, 2.05) is 44.2 Å². The molecule has 1 aliphatic heterocycles. The van der Waals surface area contributed by atoms with E-state index in [1.54, 1.807) is 25.2 Å². The van der Waals surface area contributed by atoms with E-state index < -0.39 is 16.9 Å². The Morgan fingerprint density at radius 3 is 2.38 bits per heavy atom. The van der Waals surface area contributed by atoms with Crippen LogP contribution in [0.2, 0.25) is 0 Å². The van der Waals surface area contributed by atoms with Crippen molar-refractivity contribution in [3.05, 3.63) is 58.5 Å². The van der Waals surface area contributed by atoms with Crippen molar-refractivity contribution in [2.24, 2.45) is 17.3 Å². The highest BCUT2D eigenvalue weighted by Crippen LogP contribution is 2.41. The number of nitrogens with zero attached hydrogens (tertiary/aromatic N) is 3. The van der Waals surface area contributed by atoms with Gasteiger partial charge < -0.3 is 24.6 Å². The molecule has 218 valence electrons. The van der Waals surface area contributed by atoms with E-state index in [1.165, 1.54) is 34.8 Å². The topological polar surface area (TPSA) is 103 Å². The predicted molar refractivity (Wildman–Crippen MR) is 156 cm³/mol. The predicted octanol–water partition coefficient (Wildman–Crippen LogP) is 3.79. The van der Waals surface area contributed by atoms with Crippen molar-refractivity contribution in [1.82, 2.24) is 14.4 Å². The van der Waals surface area contributed by atoms with Crippen LogP contribution in [0, 0.1) is 17.3 Å². The lowest BCUT2D eigenvalue weighted by Crippen LogP contribution is -2.61. The zero-order valence-electron chi connectivity index (χ0n) is 24.4. The molecule has 2 N–H and O–H groups in total. The van der Waals surface area contributed by atoms with Crippen molar-refractivity contribution >= 4 is 11.8 Å². The van der Waals surface area contributed by atoms with Gasteiger partial charge in [0.05, 0.1) is 30.2 Å². The molecule has 40 heavy (non-hydrogen) atoms. The highest BCUT2D eigenvalue weighted by atomic mass is 16.3. The highest BCUT2D eigenvalue weighted by Gasteiger charge is 2.49. The molecule has 0 radical (unpaired) electrons. The first-order valence-corrected chi connectivity index (χ1v) is 14.6. The molecular formula is C32H45N3O5. The molecule has 1 aromatic heterocycles. The van der Waals surface area contributed by atoms with E-state index >= 15 is 0 Å². The first-order chi connectivity index (χ1) is 19.0. The van der Waals surface area contributed by atoms with Crippen molar-refractivity contribution < 1.29 is 19.8 Å². The molecule has 1 aromatic carbocycles. The first-order valence-electron chi connectivity index (χ1n) is 14.6. The molecule has 2 aliphatic rings. The number of aromatic nitrogens is 1.